The Hall–Kier alpha value is -4.10. The van der Waals surface area contributed by atoms with E-state index in [1.54, 1.807) is 19.2 Å². The van der Waals surface area contributed by atoms with Crippen LogP contribution in [0.3, 0.4) is 0 Å². The number of fused-ring (bicyclic) bond motifs is 1. The van der Waals surface area contributed by atoms with Crippen LogP contribution in [-0.4, -0.2) is 48.1 Å². The van der Waals surface area contributed by atoms with Crippen LogP contribution in [0.1, 0.15) is 41.6 Å². The molecule has 7 heteroatoms. The molecular formula is C31H31NO6. The Balaban J connectivity index is 1.52. The van der Waals surface area contributed by atoms with Crippen LogP contribution in [0, 0.1) is 0 Å². The number of hydrogen-bond donors (Lipinski definition) is 1. The average Bonchev–Trinajstić information content (AvgIpc) is 3.43. The van der Waals surface area contributed by atoms with Crippen LogP contribution in [-0.2, 0) is 27.4 Å². The lowest BCUT2D eigenvalue weighted by Crippen LogP contribution is -2.31. The number of amides is 1. The van der Waals surface area contributed by atoms with Gasteiger partial charge in [0.25, 0.3) is 11.7 Å². The van der Waals surface area contributed by atoms with Gasteiger partial charge in [0.05, 0.1) is 11.6 Å². The molecule has 0 spiro atoms. The molecule has 0 aliphatic carbocycles. The Kier molecular flexibility index (Phi) is 7.47. The molecule has 0 bridgehead atoms. The highest BCUT2D eigenvalue weighted by Crippen LogP contribution is 2.41. The minimum absolute atomic E-state index is 0.0485. The number of carbonyl (C=O) groups is 2. The van der Waals surface area contributed by atoms with Gasteiger partial charge in [-0.05, 0) is 60.4 Å². The molecule has 0 radical (unpaired) electrons. The number of carbonyl (C=O) groups excluding carboxylic acids is 2. The lowest BCUT2D eigenvalue weighted by molar-refractivity contribution is -0.140. The Morgan fingerprint density at radius 3 is 2.66 bits per heavy atom. The molecule has 0 unspecified atom stereocenters. The van der Waals surface area contributed by atoms with Crippen molar-refractivity contribution in [2.75, 3.05) is 20.3 Å². The van der Waals surface area contributed by atoms with Crippen LogP contribution >= 0.6 is 0 Å². The maximum atomic E-state index is 13.3. The molecule has 3 aromatic carbocycles. The second-order valence-electron chi connectivity index (χ2n) is 9.64. The topological polar surface area (TPSA) is 85.3 Å². The summed E-state index contributed by atoms with van der Waals surface area (Å²) < 4.78 is 17.0. The SMILES string of the molecule is COCCCN1C(=O)C(=O)/C(=C(/O)c2ccc3c(c2)C[C@H](C)O3)[C@H]1c1cccc(OCc2ccccc2)c1. The summed E-state index contributed by atoms with van der Waals surface area (Å²) in [7, 11) is 1.59. The molecule has 0 aromatic heterocycles. The van der Waals surface area contributed by atoms with E-state index in [2.05, 4.69) is 0 Å². The third-order valence-electron chi connectivity index (χ3n) is 6.88. The zero-order valence-corrected chi connectivity index (χ0v) is 21.6. The van der Waals surface area contributed by atoms with Crippen molar-refractivity contribution in [2.45, 2.75) is 38.5 Å². The molecule has 38 heavy (non-hydrogen) atoms. The molecular weight excluding hydrogens is 482 g/mol. The van der Waals surface area contributed by atoms with Gasteiger partial charge in [0, 0.05) is 32.2 Å². The smallest absolute Gasteiger partial charge is 0.295 e. The molecule has 2 heterocycles. The number of ether oxygens (including phenoxy) is 3. The maximum Gasteiger partial charge on any atom is 0.295 e. The Morgan fingerprint density at radius 2 is 1.87 bits per heavy atom. The summed E-state index contributed by atoms with van der Waals surface area (Å²) in [5, 5.41) is 11.4. The van der Waals surface area contributed by atoms with E-state index in [4.69, 9.17) is 14.2 Å². The maximum absolute atomic E-state index is 13.3. The summed E-state index contributed by atoms with van der Waals surface area (Å²) in [6.07, 6.45) is 1.32. The van der Waals surface area contributed by atoms with Gasteiger partial charge in [-0.1, -0.05) is 42.5 Å². The van der Waals surface area contributed by atoms with Crippen molar-refractivity contribution in [2.24, 2.45) is 0 Å². The lowest BCUT2D eigenvalue weighted by atomic mass is 9.94. The van der Waals surface area contributed by atoms with Crippen molar-refractivity contribution in [1.82, 2.24) is 4.90 Å². The summed E-state index contributed by atoms with van der Waals surface area (Å²) in [5.41, 5.74) is 3.23. The van der Waals surface area contributed by atoms with E-state index in [0.717, 1.165) is 16.9 Å². The quantitative estimate of drug-likeness (QED) is 0.187. The van der Waals surface area contributed by atoms with Gasteiger partial charge in [-0.25, -0.2) is 0 Å². The first kappa shape index (κ1) is 25.5. The van der Waals surface area contributed by atoms with Crippen molar-refractivity contribution in [1.29, 1.82) is 0 Å². The Morgan fingerprint density at radius 1 is 1.05 bits per heavy atom. The van der Waals surface area contributed by atoms with E-state index < -0.39 is 17.7 Å². The summed E-state index contributed by atoms with van der Waals surface area (Å²) >= 11 is 0. The van der Waals surface area contributed by atoms with Gasteiger partial charge in [0.15, 0.2) is 0 Å². The second kappa shape index (κ2) is 11.1. The number of nitrogens with zero attached hydrogens (tertiary/aromatic N) is 1. The van der Waals surface area contributed by atoms with Crippen LogP contribution in [0.15, 0.2) is 78.4 Å². The molecule has 7 nitrogen and oxygen atoms in total. The molecule has 1 amide bonds. The number of aliphatic hydroxyl groups excluding tert-OH is 1. The molecule has 0 saturated carbocycles. The van der Waals surface area contributed by atoms with Crippen molar-refractivity contribution in [3.63, 3.8) is 0 Å². The summed E-state index contributed by atoms with van der Waals surface area (Å²) in [6, 6.07) is 21.8. The van der Waals surface area contributed by atoms with Crippen LogP contribution in [0.25, 0.3) is 5.76 Å². The standard InChI is InChI=1S/C31H31NO6/c1-20-16-24-17-23(12-13-26(24)38-20)29(33)27-28(32(14-7-15-36-2)31(35)30(27)34)22-10-6-11-25(18-22)37-19-21-8-4-3-5-9-21/h3-6,8-13,17-18,20,28,33H,7,14-16,19H2,1-2H3/b29-27+/t20-,28+/m0/s1. The average molecular weight is 514 g/mol. The monoisotopic (exact) mass is 513 g/mol. The van der Waals surface area contributed by atoms with Crippen molar-refractivity contribution in [3.05, 3.63) is 101 Å². The fourth-order valence-electron chi connectivity index (χ4n) is 5.08. The number of methoxy groups -OCH3 is 1. The predicted molar refractivity (Wildman–Crippen MR) is 143 cm³/mol. The highest BCUT2D eigenvalue weighted by Gasteiger charge is 2.46. The van der Waals surface area contributed by atoms with Crippen LogP contribution in [0.4, 0.5) is 0 Å². The van der Waals surface area contributed by atoms with E-state index in [-0.39, 0.29) is 17.4 Å². The fourth-order valence-corrected chi connectivity index (χ4v) is 5.08. The number of aliphatic hydroxyl groups is 1. The first-order valence-electron chi connectivity index (χ1n) is 12.8. The first-order chi connectivity index (χ1) is 18.5. The summed E-state index contributed by atoms with van der Waals surface area (Å²) in [5.74, 6) is -0.154. The Labute approximate surface area is 222 Å². The van der Waals surface area contributed by atoms with Gasteiger partial charge < -0.3 is 24.2 Å². The largest absolute Gasteiger partial charge is 0.507 e. The summed E-state index contributed by atoms with van der Waals surface area (Å²) in [6.45, 7) is 3.12. The van der Waals surface area contributed by atoms with Gasteiger partial charge in [-0.15, -0.1) is 0 Å². The van der Waals surface area contributed by atoms with Crippen LogP contribution in [0.5, 0.6) is 11.5 Å². The number of ketones is 1. The molecule has 1 fully saturated rings. The molecule has 2 atom stereocenters. The van der Waals surface area contributed by atoms with Gasteiger partial charge in [-0.2, -0.15) is 0 Å². The lowest BCUT2D eigenvalue weighted by Gasteiger charge is -2.25. The number of hydrogen-bond acceptors (Lipinski definition) is 6. The minimum Gasteiger partial charge on any atom is -0.507 e. The fraction of sp³-hybridized carbons (Fsp3) is 0.290. The molecule has 1 saturated heterocycles. The highest BCUT2D eigenvalue weighted by molar-refractivity contribution is 6.46. The molecule has 5 rings (SSSR count). The van der Waals surface area contributed by atoms with E-state index in [0.29, 0.717) is 49.5 Å². The van der Waals surface area contributed by atoms with Gasteiger partial charge in [0.1, 0.15) is 30.0 Å². The number of rotatable bonds is 9. The van der Waals surface area contributed by atoms with Gasteiger partial charge in [-0.3, -0.25) is 9.59 Å². The Bertz CT molecular complexity index is 1370. The van der Waals surface area contributed by atoms with Crippen molar-refractivity contribution in [3.8, 4) is 11.5 Å². The normalized spacial score (nSPS) is 19.9. The van der Waals surface area contributed by atoms with Crippen molar-refractivity contribution >= 4 is 17.4 Å². The van der Waals surface area contributed by atoms with E-state index >= 15 is 0 Å². The first-order valence-corrected chi connectivity index (χ1v) is 12.8. The molecule has 2 aliphatic heterocycles. The number of Topliss-reactive ketones (excluding diaryl/α,β-unsaturated/α-hetero) is 1. The molecule has 1 N–H and O–H groups in total. The van der Waals surface area contributed by atoms with Crippen LogP contribution < -0.4 is 9.47 Å². The van der Waals surface area contributed by atoms with E-state index in [1.807, 2.05) is 67.6 Å². The number of benzene rings is 3. The second-order valence-corrected chi connectivity index (χ2v) is 9.64. The third kappa shape index (κ3) is 5.15. The molecule has 2 aliphatic rings. The summed E-state index contributed by atoms with van der Waals surface area (Å²) in [4.78, 5) is 28.0. The van der Waals surface area contributed by atoms with Gasteiger partial charge >= 0.3 is 0 Å². The zero-order chi connectivity index (χ0) is 26.6. The molecule has 3 aromatic rings. The highest BCUT2D eigenvalue weighted by atomic mass is 16.5. The minimum atomic E-state index is -0.754. The number of likely N-dealkylation sites (tertiary alicyclic amines) is 1. The van der Waals surface area contributed by atoms with E-state index in [1.165, 1.54) is 4.90 Å². The predicted octanol–water partition coefficient (Wildman–Crippen LogP) is 5.05. The molecule has 196 valence electrons. The van der Waals surface area contributed by atoms with E-state index in [9.17, 15) is 14.7 Å². The third-order valence-corrected chi connectivity index (χ3v) is 6.88. The zero-order valence-electron chi connectivity index (χ0n) is 21.6. The van der Waals surface area contributed by atoms with Crippen molar-refractivity contribution < 1.29 is 28.9 Å². The van der Waals surface area contributed by atoms with Crippen LogP contribution in [0.2, 0.25) is 0 Å². The van der Waals surface area contributed by atoms with Gasteiger partial charge in [0.2, 0.25) is 0 Å².